The van der Waals surface area contributed by atoms with Crippen LogP contribution in [-0.4, -0.2) is 17.0 Å². The maximum atomic E-state index is 12.5. The number of hydrogen-bond acceptors (Lipinski definition) is 2. The largest absolute Gasteiger partial charge is 0.481 e. The number of carbonyl (C=O) groups is 2. The van der Waals surface area contributed by atoms with E-state index in [1.165, 1.54) is 0 Å². The Morgan fingerprint density at radius 3 is 2.29 bits per heavy atom. The molecule has 2 rings (SSSR count). The van der Waals surface area contributed by atoms with Crippen molar-refractivity contribution in [2.75, 3.05) is 5.32 Å². The molecule has 114 valence electrons. The zero-order chi connectivity index (χ0) is 15.8. The minimum atomic E-state index is -0.866. The van der Waals surface area contributed by atoms with Crippen molar-refractivity contribution in [1.82, 2.24) is 0 Å². The van der Waals surface area contributed by atoms with Crippen LogP contribution in [0.2, 0.25) is 0 Å². The fraction of sp³-hybridized carbons (Fsp3) is 0.500. The highest BCUT2D eigenvalue weighted by Crippen LogP contribution is 2.56. The molecule has 1 aliphatic rings. The summed E-state index contributed by atoms with van der Waals surface area (Å²) >= 11 is 3.35. The van der Waals surface area contributed by atoms with Gasteiger partial charge in [0.15, 0.2) is 0 Å². The Bertz CT molecular complexity index is 567. The van der Waals surface area contributed by atoms with Crippen LogP contribution in [0.1, 0.15) is 33.6 Å². The number of rotatable bonds is 3. The van der Waals surface area contributed by atoms with E-state index >= 15 is 0 Å². The second-order valence-corrected chi connectivity index (χ2v) is 7.36. The van der Waals surface area contributed by atoms with Gasteiger partial charge in [0.25, 0.3) is 0 Å². The van der Waals surface area contributed by atoms with Crippen LogP contribution in [0.15, 0.2) is 28.7 Å². The SMILES string of the molecule is CC1(C)[C@H](C(=O)Nc2ccc(Br)cc2)CC[C@]1(C)C(=O)O. The van der Waals surface area contributed by atoms with Gasteiger partial charge in [-0.25, -0.2) is 0 Å². The summed E-state index contributed by atoms with van der Waals surface area (Å²) in [4.78, 5) is 24.1. The Hall–Kier alpha value is -1.36. The van der Waals surface area contributed by atoms with Crippen LogP contribution >= 0.6 is 15.9 Å². The fourth-order valence-electron chi connectivity index (χ4n) is 3.10. The molecular weight excluding hydrogens is 334 g/mol. The van der Waals surface area contributed by atoms with Gasteiger partial charge in [-0.2, -0.15) is 0 Å². The highest BCUT2D eigenvalue weighted by Gasteiger charge is 2.58. The minimum absolute atomic E-state index is 0.104. The quantitative estimate of drug-likeness (QED) is 0.865. The molecule has 0 aromatic heterocycles. The number of halogens is 1. The predicted octanol–water partition coefficient (Wildman–Crippen LogP) is 3.91. The van der Waals surface area contributed by atoms with Crippen LogP contribution in [0.5, 0.6) is 0 Å². The maximum Gasteiger partial charge on any atom is 0.309 e. The van der Waals surface area contributed by atoms with Crippen LogP contribution in [0.25, 0.3) is 0 Å². The molecule has 0 saturated heterocycles. The molecule has 1 aromatic carbocycles. The van der Waals surface area contributed by atoms with Crippen molar-refractivity contribution in [1.29, 1.82) is 0 Å². The number of nitrogens with one attached hydrogen (secondary N) is 1. The number of benzene rings is 1. The topological polar surface area (TPSA) is 66.4 Å². The first-order valence-corrected chi connectivity index (χ1v) is 7.77. The summed E-state index contributed by atoms with van der Waals surface area (Å²) in [6, 6.07) is 7.36. The zero-order valence-electron chi connectivity index (χ0n) is 12.4. The Balaban J connectivity index is 2.17. The smallest absolute Gasteiger partial charge is 0.309 e. The van der Waals surface area contributed by atoms with E-state index in [1.807, 2.05) is 38.1 Å². The number of hydrogen-bond donors (Lipinski definition) is 2. The van der Waals surface area contributed by atoms with Gasteiger partial charge < -0.3 is 10.4 Å². The molecule has 4 nitrogen and oxygen atoms in total. The normalized spacial score (nSPS) is 27.3. The Kier molecular flexibility index (Phi) is 4.15. The second kappa shape index (κ2) is 5.44. The average molecular weight is 354 g/mol. The summed E-state index contributed by atoms with van der Waals surface area (Å²) < 4.78 is 0.945. The third-order valence-electron chi connectivity index (χ3n) is 5.13. The summed E-state index contributed by atoms with van der Waals surface area (Å²) in [6.45, 7) is 5.49. The van der Waals surface area contributed by atoms with E-state index in [0.717, 1.165) is 10.2 Å². The van der Waals surface area contributed by atoms with Gasteiger partial charge in [0.05, 0.1) is 5.41 Å². The predicted molar refractivity (Wildman–Crippen MR) is 85.0 cm³/mol. The van der Waals surface area contributed by atoms with Crippen molar-refractivity contribution in [3.8, 4) is 0 Å². The van der Waals surface area contributed by atoms with Crippen LogP contribution in [0.4, 0.5) is 5.69 Å². The van der Waals surface area contributed by atoms with Gasteiger partial charge >= 0.3 is 5.97 Å². The van der Waals surface area contributed by atoms with Gasteiger partial charge in [-0.05, 0) is 49.4 Å². The molecule has 1 aliphatic carbocycles. The van der Waals surface area contributed by atoms with Gasteiger partial charge in [0, 0.05) is 16.1 Å². The molecule has 5 heteroatoms. The van der Waals surface area contributed by atoms with Crippen molar-refractivity contribution in [3.05, 3.63) is 28.7 Å². The number of carboxylic acids is 1. The Morgan fingerprint density at radius 2 is 1.81 bits per heavy atom. The summed E-state index contributed by atoms with van der Waals surface area (Å²) in [5.41, 5.74) is -0.726. The van der Waals surface area contributed by atoms with Crippen molar-refractivity contribution in [3.63, 3.8) is 0 Å². The summed E-state index contributed by atoms with van der Waals surface area (Å²) in [7, 11) is 0. The van der Waals surface area contributed by atoms with Gasteiger partial charge in [0.2, 0.25) is 5.91 Å². The maximum absolute atomic E-state index is 12.5. The number of carbonyl (C=O) groups excluding carboxylic acids is 1. The lowest BCUT2D eigenvalue weighted by atomic mass is 9.65. The molecule has 1 aromatic rings. The van der Waals surface area contributed by atoms with E-state index in [-0.39, 0.29) is 11.8 Å². The molecule has 0 radical (unpaired) electrons. The molecule has 0 aliphatic heterocycles. The first-order chi connectivity index (χ1) is 9.68. The highest BCUT2D eigenvalue weighted by atomic mass is 79.9. The summed E-state index contributed by atoms with van der Waals surface area (Å²) in [6.07, 6.45) is 1.12. The molecule has 2 atom stereocenters. The minimum Gasteiger partial charge on any atom is -0.481 e. The van der Waals surface area contributed by atoms with E-state index in [4.69, 9.17) is 0 Å². The monoisotopic (exact) mass is 353 g/mol. The van der Waals surface area contributed by atoms with Gasteiger partial charge in [-0.15, -0.1) is 0 Å². The van der Waals surface area contributed by atoms with Crippen molar-refractivity contribution in [2.24, 2.45) is 16.7 Å². The molecule has 0 bridgehead atoms. The van der Waals surface area contributed by atoms with Gasteiger partial charge in [-0.3, -0.25) is 9.59 Å². The number of anilines is 1. The van der Waals surface area contributed by atoms with Crippen LogP contribution in [-0.2, 0) is 9.59 Å². The van der Waals surface area contributed by atoms with Gasteiger partial charge in [-0.1, -0.05) is 29.8 Å². The standard InChI is InChI=1S/C16H20BrNO3/c1-15(2)12(8-9-16(15,3)14(20)21)13(19)18-11-6-4-10(17)5-7-11/h4-7,12H,8-9H2,1-3H3,(H,18,19)(H,20,21)/t12-,16+/m0/s1. The zero-order valence-corrected chi connectivity index (χ0v) is 14.0. The molecule has 0 spiro atoms. The first kappa shape index (κ1) is 16.0. The lowest BCUT2D eigenvalue weighted by Gasteiger charge is -2.37. The fourth-order valence-corrected chi connectivity index (χ4v) is 3.37. The van der Waals surface area contributed by atoms with E-state index in [1.54, 1.807) is 6.92 Å². The van der Waals surface area contributed by atoms with Crippen LogP contribution in [0, 0.1) is 16.7 Å². The molecule has 2 N–H and O–H groups in total. The van der Waals surface area contributed by atoms with Crippen LogP contribution in [0.3, 0.4) is 0 Å². The molecule has 1 fully saturated rings. The molecule has 0 heterocycles. The van der Waals surface area contributed by atoms with Crippen molar-refractivity contribution < 1.29 is 14.7 Å². The summed E-state index contributed by atoms with van der Waals surface area (Å²) in [5.74, 6) is -1.24. The Labute approximate surface area is 133 Å². The van der Waals surface area contributed by atoms with E-state index in [2.05, 4.69) is 21.2 Å². The van der Waals surface area contributed by atoms with E-state index in [9.17, 15) is 14.7 Å². The molecular formula is C16H20BrNO3. The van der Waals surface area contributed by atoms with E-state index in [0.29, 0.717) is 12.8 Å². The van der Waals surface area contributed by atoms with Gasteiger partial charge in [0.1, 0.15) is 0 Å². The van der Waals surface area contributed by atoms with Crippen LogP contribution < -0.4 is 5.32 Å². The number of aliphatic carboxylic acids is 1. The number of amides is 1. The van der Waals surface area contributed by atoms with E-state index < -0.39 is 16.8 Å². The molecule has 1 saturated carbocycles. The van der Waals surface area contributed by atoms with Crippen molar-refractivity contribution >= 4 is 33.5 Å². The first-order valence-electron chi connectivity index (χ1n) is 6.98. The average Bonchev–Trinajstić information content (AvgIpc) is 2.64. The third kappa shape index (κ3) is 2.71. The lowest BCUT2D eigenvalue weighted by molar-refractivity contribution is -0.154. The third-order valence-corrected chi connectivity index (χ3v) is 5.66. The molecule has 0 unspecified atom stereocenters. The summed E-state index contributed by atoms with van der Waals surface area (Å²) in [5, 5.41) is 12.4. The lowest BCUT2D eigenvalue weighted by Crippen LogP contribution is -2.43. The Morgan fingerprint density at radius 1 is 1.24 bits per heavy atom. The molecule has 1 amide bonds. The molecule has 21 heavy (non-hydrogen) atoms. The van der Waals surface area contributed by atoms with Crippen molar-refractivity contribution in [2.45, 2.75) is 33.6 Å². The highest BCUT2D eigenvalue weighted by molar-refractivity contribution is 9.10. The second-order valence-electron chi connectivity index (χ2n) is 6.45. The number of carboxylic acid groups (broad SMARTS) is 1.